The maximum absolute atomic E-state index is 5.41. The van der Waals surface area contributed by atoms with E-state index in [4.69, 9.17) is 14.1 Å². The first-order valence-corrected chi connectivity index (χ1v) is 11.1. The minimum absolute atomic E-state index is 0. The summed E-state index contributed by atoms with van der Waals surface area (Å²) in [5, 5.41) is 6.92. The van der Waals surface area contributed by atoms with E-state index < -0.39 is 0 Å². The summed E-state index contributed by atoms with van der Waals surface area (Å²) in [6.45, 7) is 9.51. The van der Waals surface area contributed by atoms with Crippen LogP contribution in [0.2, 0.25) is 0 Å². The first-order valence-electron chi connectivity index (χ1n) is 10.3. The molecule has 1 saturated heterocycles. The molecule has 2 N–H and O–H groups in total. The van der Waals surface area contributed by atoms with Gasteiger partial charge in [-0.05, 0) is 43.7 Å². The number of hydrogen-bond acceptors (Lipinski definition) is 5. The number of rotatable bonds is 10. The summed E-state index contributed by atoms with van der Waals surface area (Å²) in [6.07, 6.45) is 4.75. The minimum Gasteiger partial charge on any atom is -0.469 e. The summed E-state index contributed by atoms with van der Waals surface area (Å²) in [4.78, 5) is 9.96. The second-order valence-electron chi connectivity index (χ2n) is 6.88. The Morgan fingerprint density at radius 3 is 2.66 bits per heavy atom. The third kappa shape index (κ3) is 9.06. The topological polar surface area (TPSA) is 62.0 Å². The standard InChI is InChI=1S/C21H32N4O2S.HI/c1-2-19-6-7-20(28-19)17-24-21(23-10-8-18-5-3-14-27-18)22-9-4-11-25-12-15-26-16-13-25;/h3,5-7,14H,2,4,8-13,15-17H2,1H3,(H2,22,23,24);1H. The Morgan fingerprint density at radius 2 is 1.93 bits per heavy atom. The van der Waals surface area contributed by atoms with E-state index in [9.17, 15) is 0 Å². The highest BCUT2D eigenvalue weighted by Gasteiger charge is 2.09. The average molecular weight is 532 g/mol. The maximum Gasteiger partial charge on any atom is 0.191 e. The summed E-state index contributed by atoms with van der Waals surface area (Å²) in [6, 6.07) is 8.32. The van der Waals surface area contributed by atoms with Crippen molar-refractivity contribution in [2.75, 3.05) is 45.9 Å². The number of ether oxygens (including phenoxy) is 1. The summed E-state index contributed by atoms with van der Waals surface area (Å²) in [5.41, 5.74) is 0. The highest BCUT2D eigenvalue weighted by atomic mass is 127. The molecule has 3 heterocycles. The van der Waals surface area contributed by atoms with Crippen LogP contribution in [-0.4, -0.2) is 56.8 Å². The fourth-order valence-electron chi connectivity index (χ4n) is 3.12. The van der Waals surface area contributed by atoms with Gasteiger partial charge in [-0.1, -0.05) is 6.92 Å². The molecule has 0 amide bonds. The molecule has 2 aromatic rings. The van der Waals surface area contributed by atoms with Gasteiger partial charge in [0, 0.05) is 42.4 Å². The molecule has 1 fully saturated rings. The van der Waals surface area contributed by atoms with Crippen LogP contribution < -0.4 is 10.6 Å². The van der Waals surface area contributed by atoms with E-state index in [1.165, 1.54) is 9.75 Å². The quantitative estimate of drug-likeness (QED) is 0.212. The van der Waals surface area contributed by atoms with Crippen molar-refractivity contribution >= 4 is 41.3 Å². The summed E-state index contributed by atoms with van der Waals surface area (Å²) >= 11 is 1.85. The van der Waals surface area contributed by atoms with E-state index in [-0.39, 0.29) is 24.0 Å². The Kier molecular flexibility index (Phi) is 11.7. The number of aliphatic imine (C=N–C) groups is 1. The van der Waals surface area contributed by atoms with Gasteiger partial charge in [0.05, 0.1) is 26.0 Å². The highest BCUT2D eigenvalue weighted by molar-refractivity contribution is 14.0. The van der Waals surface area contributed by atoms with E-state index in [1.807, 2.05) is 23.5 Å². The Balaban J connectivity index is 0.00000300. The normalized spacial score (nSPS) is 15.1. The molecule has 0 saturated carbocycles. The van der Waals surface area contributed by atoms with Crippen LogP contribution in [-0.2, 0) is 24.1 Å². The zero-order valence-electron chi connectivity index (χ0n) is 17.2. The third-order valence-electron chi connectivity index (χ3n) is 4.75. The Labute approximate surface area is 195 Å². The molecule has 0 bridgehead atoms. The molecule has 0 aliphatic carbocycles. The number of hydrogen-bond donors (Lipinski definition) is 2. The maximum atomic E-state index is 5.41. The highest BCUT2D eigenvalue weighted by Crippen LogP contribution is 2.17. The number of nitrogens with zero attached hydrogens (tertiary/aromatic N) is 2. The number of halogens is 1. The molecule has 0 atom stereocenters. The van der Waals surface area contributed by atoms with Gasteiger partial charge >= 0.3 is 0 Å². The molecule has 162 valence electrons. The zero-order valence-corrected chi connectivity index (χ0v) is 20.3. The molecule has 1 aliphatic rings. The lowest BCUT2D eigenvalue weighted by Crippen LogP contribution is -2.41. The number of guanidine groups is 1. The van der Waals surface area contributed by atoms with E-state index in [0.29, 0.717) is 6.54 Å². The molecular formula is C21H33IN4O2S. The predicted octanol–water partition coefficient (Wildman–Crippen LogP) is 3.52. The monoisotopic (exact) mass is 532 g/mol. The molecule has 3 rings (SSSR count). The molecular weight excluding hydrogens is 499 g/mol. The van der Waals surface area contributed by atoms with Gasteiger partial charge in [0.2, 0.25) is 0 Å². The molecule has 0 spiro atoms. The van der Waals surface area contributed by atoms with Crippen LogP contribution in [0, 0.1) is 0 Å². The molecule has 2 aromatic heterocycles. The van der Waals surface area contributed by atoms with Crippen molar-refractivity contribution < 1.29 is 9.15 Å². The van der Waals surface area contributed by atoms with Crippen molar-refractivity contribution in [3.05, 3.63) is 46.0 Å². The summed E-state index contributed by atoms with van der Waals surface area (Å²) in [7, 11) is 0. The van der Waals surface area contributed by atoms with Gasteiger partial charge in [0.25, 0.3) is 0 Å². The lowest BCUT2D eigenvalue weighted by molar-refractivity contribution is 0.0376. The van der Waals surface area contributed by atoms with Crippen LogP contribution in [0.5, 0.6) is 0 Å². The minimum atomic E-state index is 0. The first kappa shape index (κ1) is 24.2. The molecule has 29 heavy (non-hydrogen) atoms. The van der Waals surface area contributed by atoms with Crippen molar-refractivity contribution in [1.29, 1.82) is 0 Å². The molecule has 1 aliphatic heterocycles. The smallest absolute Gasteiger partial charge is 0.191 e. The molecule has 0 aromatic carbocycles. The van der Waals surface area contributed by atoms with Gasteiger partial charge in [-0.25, -0.2) is 4.99 Å². The van der Waals surface area contributed by atoms with E-state index in [0.717, 1.165) is 76.9 Å². The fourth-order valence-corrected chi connectivity index (χ4v) is 4.00. The second-order valence-corrected chi connectivity index (χ2v) is 8.13. The number of aryl methyl sites for hydroxylation is 1. The lowest BCUT2D eigenvalue weighted by Gasteiger charge is -2.26. The molecule has 8 heteroatoms. The lowest BCUT2D eigenvalue weighted by atomic mass is 10.3. The van der Waals surface area contributed by atoms with Crippen LogP contribution >= 0.6 is 35.3 Å². The van der Waals surface area contributed by atoms with Gasteiger partial charge < -0.3 is 19.8 Å². The van der Waals surface area contributed by atoms with Crippen molar-refractivity contribution in [3.8, 4) is 0 Å². The van der Waals surface area contributed by atoms with Crippen LogP contribution in [0.25, 0.3) is 0 Å². The van der Waals surface area contributed by atoms with Gasteiger partial charge in [-0.3, -0.25) is 4.90 Å². The number of thiophene rings is 1. The third-order valence-corrected chi connectivity index (χ3v) is 5.96. The van der Waals surface area contributed by atoms with Crippen LogP contribution in [0.15, 0.2) is 39.9 Å². The van der Waals surface area contributed by atoms with Gasteiger partial charge in [0.15, 0.2) is 5.96 Å². The van der Waals surface area contributed by atoms with E-state index in [2.05, 4.69) is 34.6 Å². The Bertz CT molecular complexity index is 699. The average Bonchev–Trinajstić information content (AvgIpc) is 3.41. The predicted molar refractivity (Wildman–Crippen MR) is 131 cm³/mol. The van der Waals surface area contributed by atoms with Gasteiger partial charge in [-0.15, -0.1) is 35.3 Å². The molecule has 6 nitrogen and oxygen atoms in total. The van der Waals surface area contributed by atoms with Crippen LogP contribution in [0.3, 0.4) is 0 Å². The fraction of sp³-hybridized carbons (Fsp3) is 0.571. The van der Waals surface area contributed by atoms with Gasteiger partial charge in [0.1, 0.15) is 5.76 Å². The van der Waals surface area contributed by atoms with Crippen molar-refractivity contribution in [2.45, 2.75) is 32.7 Å². The van der Waals surface area contributed by atoms with Crippen molar-refractivity contribution in [2.24, 2.45) is 4.99 Å². The largest absolute Gasteiger partial charge is 0.469 e. The SMILES string of the molecule is CCc1ccc(CN=C(NCCCN2CCOCC2)NCCc2ccco2)s1.I. The van der Waals surface area contributed by atoms with Crippen molar-refractivity contribution in [3.63, 3.8) is 0 Å². The van der Waals surface area contributed by atoms with E-state index in [1.54, 1.807) is 6.26 Å². The Hall–Kier alpha value is -1.10. The molecule has 0 radical (unpaired) electrons. The first-order chi connectivity index (χ1) is 13.8. The number of furan rings is 1. The number of morpholine rings is 1. The van der Waals surface area contributed by atoms with Crippen molar-refractivity contribution in [1.82, 2.24) is 15.5 Å². The Morgan fingerprint density at radius 1 is 1.14 bits per heavy atom. The van der Waals surface area contributed by atoms with Crippen LogP contribution in [0.4, 0.5) is 0 Å². The second kappa shape index (κ2) is 14.0. The van der Waals surface area contributed by atoms with E-state index >= 15 is 0 Å². The summed E-state index contributed by atoms with van der Waals surface area (Å²) < 4.78 is 10.8. The number of nitrogens with one attached hydrogen (secondary N) is 2. The van der Waals surface area contributed by atoms with Crippen LogP contribution in [0.1, 0.15) is 28.9 Å². The van der Waals surface area contributed by atoms with Gasteiger partial charge in [-0.2, -0.15) is 0 Å². The molecule has 0 unspecified atom stereocenters. The summed E-state index contributed by atoms with van der Waals surface area (Å²) in [5.74, 6) is 1.87. The zero-order chi connectivity index (χ0) is 19.4.